The molecule has 1 saturated heterocycles. The first-order valence-electron chi connectivity index (χ1n) is 11.5. The summed E-state index contributed by atoms with van der Waals surface area (Å²) in [6.45, 7) is 6.27. The van der Waals surface area contributed by atoms with Crippen LogP contribution in [0.4, 0.5) is 0 Å². The summed E-state index contributed by atoms with van der Waals surface area (Å²) in [6.07, 6.45) is 2.23. The van der Waals surface area contributed by atoms with Gasteiger partial charge >= 0.3 is 0 Å². The number of nitrogens with zero attached hydrogens (tertiary/aromatic N) is 2. The van der Waals surface area contributed by atoms with E-state index in [1.54, 1.807) is 0 Å². The molecule has 0 N–H and O–H groups in total. The average molecular weight is 415 g/mol. The van der Waals surface area contributed by atoms with Gasteiger partial charge in [0, 0.05) is 25.8 Å². The minimum Gasteiger partial charge on any atom is -0.357 e. The molecule has 2 atom stereocenters. The van der Waals surface area contributed by atoms with Crippen LogP contribution in [0.5, 0.6) is 0 Å². The number of rotatable bonds is 8. The highest BCUT2D eigenvalue weighted by atomic mass is 16.5. The maximum Gasteiger partial charge on any atom is 0.167 e. The van der Waals surface area contributed by atoms with Gasteiger partial charge in [-0.3, -0.25) is 9.80 Å². The summed E-state index contributed by atoms with van der Waals surface area (Å²) in [5.74, 6) is 0. The fraction of sp³-hybridized carbons (Fsp3) is 0.357. The lowest BCUT2D eigenvalue weighted by atomic mass is 9.84. The molecule has 1 aliphatic heterocycles. The average Bonchev–Trinajstić information content (AvgIpc) is 2.85. The molecule has 3 nitrogen and oxygen atoms in total. The Morgan fingerprint density at radius 1 is 0.839 bits per heavy atom. The molecule has 0 aromatic heterocycles. The third-order valence-corrected chi connectivity index (χ3v) is 6.61. The molecular weight excluding hydrogens is 380 g/mol. The number of benzene rings is 3. The van der Waals surface area contributed by atoms with Crippen molar-refractivity contribution in [1.29, 1.82) is 0 Å². The van der Waals surface area contributed by atoms with Crippen LogP contribution in [0.15, 0.2) is 91.0 Å². The van der Waals surface area contributed by atoms with Crippen LogP contribution in [0.3, 0.4) is 0 Å². The van der Waals surface area contributed by atoms with E-state index < -0.39 is 5.72 Å². The van der Waals surface area contributed by atoms with Gasteiger partial charge in [-0.2, -0.15) is 0 Å². The minimum atomic E-state index is -0.512. The van der Waals surface area contributed by atoms with Gasteiger partial charge in [0.25, 0.3) is 0 Å². The summed E-state index contributed by atoms with van der Waals surface area (Å²) in [5.41, 5.74) is 3.43. The number of hydrogen-bond donors (Lipinski definition) is 0. The second-order valence-corrected chi connectivity index (χ2v) is 8.28. The molecule has 0 saturated carbocycles. The van der Waals surface area contributed by atoms with Crippen molar-refractivity contribution < 1.29 is 4.74 Å². The molecule has 1 aliphatic rings. The zero-order valence-corrected chi connectivity index (χ0v) is 18.8. The minimum absolute atomic E-state index is 0.130. The summed E-state index contributed by atoms with van der Waals surface area (Å²) in [6, 6.07) is 32.6. The lowest BCUT2D eigenvalue weighted by Crippen LogP contribution is -2.62. The van der Waals surface area contributed by atoms with Crippen molar-refractivity contribution in [3.63, 3.8) is 0 Å². The SMILES string of the molecule is CCN1CCN(CCCc2ccccc2)C(c2ccccc2)C1(OC)c1ccccc1. The van der Waals surface area contributed by atoms with E-state index in [0.29, 0.717) is 0 Å². The number of ether oxygens (including phenoxy) is 1. The molecular formula is C28H34N2O. The molecule has 3 aromatic carbocycles. The summed E-state index contributed by atoms with van der Waals surface area (Å²) >= 11 is 0. The van der Waals surface area contributed by atoms with Crippen LogP contribution < -0.4 is 0 Å². The van der Waals surface area contributed by atoms with Gasteiger partial charge in [-0.15, -0.1) is 0 Å². The molecule has 0 spiro atoms. The molecule has 0 radical (unpaired) electrons. The quantitative estimate of drug-likeness (QED) is 0.484. The first kappa shape index (κ1) is 21.8. The molecule has 162 valence electrons. The fourth-order valence-corrected chi connectivity index (χ4v) is 5.18. The monoisotopic (exact) mass is 414 g/mol. The Morgan fingerprint density at radius 2 is 1.45 bits per heavy atom. The van der Waals surface area contributed by atoms with E-state index in [2.05, 4.69) is 108 Å². The van der Waals surface area contributed by atoms with Crippen LogP contribution in [0.25, 0.3) is 0 Å². The Hall–Kier alpha value is -2.46. The van der Waals surface area contributed by atoms with Crippen molar-refractivity contribution in [3.05, 3.63) is 108 Å². The summed E-state index contributed by atoms with van der Waals surface area (Å²) in [5, 5.41) is 0. The van der Waals surface area contributed by atoms with Crippen molar-refractivity contribution in [2.45, 2.75) is 31.5 Å². The van der Waals surface area contributed by atoms with E-state index in [1.165, 1.54) is 16.7 Å². The highest BCUT2D eigenvalue weighted by Crippen LogP contribution is 2.47. The highest BCUT2D eigenvalue weighted by molar-refractivity contribution is 5.32. The molecule has 0 aliphatic carbocycles. The number of piperazine rings is 1. The molecule has 2 unspecified atom stereocenters. The second kappa shape index (κ2) is 10.2. The van der Waals surface area contributed by atoms with E-state index in [9.17, 15) is 0 Å². The van der Waals surface area contributed by atoms with Crippen molar-refractivity contribution in [2.24, 2.45) is 0 Å². The molecule has 1 fully saturated rings. The van der Waals surface area contributed by atoms with E-state index in [-0.39, 0.29) is 6.04 Å². The van der Waals surface area contributed by atoms with E-state index in [0.717, 1.165) is 39.0 Å². The number of hydrogen-bond acceptors (Lipinski definition) is 3. The van der Waals surface area contributed by atoms with Gasteiger partial charge in [-0.1, -0.05) is 97.9 Å². The molecule has 1 heterocycles. The molecule has 31 heavy (non-hydrogen) atoms. The highest BCUT2D eigenvalue weighted by Gasteiger charge is 2.51. The van der Waals surface area contributed by atoms with Gasteiger partial charge < -0.3 is 4.74 Å². The third-order valence-electron chi connectivity index (χ3n) is 6.61. The smallest absolute Gasteiger partial charge is 0.167 e. The van der Waals surface area contributed by atoms with Gasteiger partial charge in [-0.05, 0) is 37.1 Å². The normalized spacial score (nSPS) is 22.5. The van der Waals surface area contributed by atoms with E-state index in [4.69, 9.17) is 4.74 Å². The van der Waals surface area contributed by atoms with Crippen molar-refractivity contribution in [2.75, 3.05) is 33.3 Å². The van der Waals surface area contributed by atoms with Crippen LogP contribution in [0, 0.1) is 0 Å². The zero-order chi connectivity index (χ0) is 21.5. The molecule has 3 heteroatoms. The molecule has 0 amide bonds. The Labute approximate surface area is 187 Å². The van der Waals surface area contributed by atoms with Gasteiger partial charge in [0.2, 0.25) is 0 Å². The zero-order valence-electron chi connectivity index (χ0n) is 18.8. The lowest BCUT2D eigenvalue weighted by Gasteiger charge is -2.55. The van der Waals surface area contributed by atoms with E-state index >= 15 is 0 Å². The van der Waals surface area contributed by atoms with Crippen molar-refractivity contribution in [3.8, 4) is 0 Å². The maximum atomic E-state index is 6.51. The Bertz CT molecular complexity index is 916. The third kappa shape index (κ3) is 4.45. The van der Waals surface area contributed by atoms with Crippen LogP contribution >= 0.6 is 0 Å². The van der Waals surface area contributed by atoms with Crippen molar-refractivity contribution in [1.82, 2.24) is 9.80 Å². The Kier molecular flexibility index (Phi) is 7.18. The summed E-state index contributed by atoms with van der Waals surface area (Å²) < 4.78 is 6.51. The maximum absolute atomic E-state index is 6.51. The number of likely N-dealkylation sites (N-methyl/N-ethyl adjacent to an activating group) is 1. The van der Waals surface area contributed by atoms with Gasteiger partial charge in [-0.25, -0.2) is 0 Å². The van der Waals surface area contributed by atoms with Crippen molar-refractivity contribution >= 4 is 0 Å². The van der Waals surface area contributed by atoms with Gasteiger partial charge in [0.05, 0.1) is 6.04 Å². The largest absolute Gasteiger partial charge is 0.357 e. The van der Waals surface area contributed by atoms with Gasteiger partial charge in [0.15, 0.2) is 5.72 Å². The summed E-state index contributed by atoms with van der Waals surface area (Å²) in [4.78, 5) is 5.15. The van der Waals surface area contributed by atoms with Crippen LogP contribution in [-0.4, -0.2) is 43.1 Å². The first-order chi connectivity index (χ1) is 15.3. The van der Waals surface area contributed by atoms with Crippen LogP contribution in [0.1, 0.15) is 36.1 Å². The molecule has 3 aromatic rings. The lowest BCUT2D eigenvalue weighted by molar-refractivity contribution is -0.217. The number of methoxy groups -OCH3 is 1. The second-order valence-electron chi connectivity index (χ2n) is 8.28. The van der Waals surface area contributed by atoms with Crippen LogP contribution in [-0.2, 0) is 16.9 Å². The van der Waals surface area contributed by atoms with Crippen LogP contribution in [0.2, 0.25) is 0 Å². The standard InChI is InChI=1S/C28H34N2O/c1-3-30-23-22-29(21-13-16-24-14-7-4-8-15-24)27(25-17-9-5-10-18-25)28(30,31-2)26-19-11-6-12-20-26/h4-12,14-15,17-20,27H,3,13,16,21-23H2,1-2H3. The number of aryl methyl sites for hydroxylation is 1. The first-order valence-corrected chi connectivity index (χ1v) is 11.5. The Balaban J connectivity index is 1.70. The molecule has 0 bridgehead atoms. The fourth-order valence-electron chi connectivity index (χ4n) is 5.18. The van der Waals surface area contributed by atoms with Gasteiger partial charge in [0.1, 0.15) is 0 Å². The topological polar surface area (TPSA) is 15.7 Å². The summed E-state index contributed by atoms with van der Waals surface area (Å²) in [7, 11) is 1.87. The predicted molar refractivity (Wildman–Crippen MR) is 128 cm³/mol. The predicted octanol–water partition coefficient (Wildman–Crippen LogP) is 5.50. The molecule has 4 rings (SSSR count). The van der Waals surface area contributed by atoms with E-state index in [1.807, 2.05) is 7.11 Å². The Morgan fingerprint density at radius 3 is 2.06 bits per heavy atom.